The Balaban J connectivity index is 1.32. The highest BCUT2D eigenvalue weighted by Gasteiger charge is 2.22. The highest BCUT2D eigenvalue weighted by Crippen LogP contribution is 2.20. The number of piperidine rings is 1. The lowest BCUT2D eigenvalue weighted by molar-refractivity contribution is 0.0910. The topological polar surface area (TPSA) is 61.4 Å². The SMILES string of the molecule is O=C(Nc1ccccc1C(=O)NC1CCN(Cc2ccc(Cl)cc2)CC1)c1ccsc1. The van der Waals surface area contributed by atoms with Crippen LogP contribution in [-0.2, 0) is 6.54 Å². The summed E-state index contributed by atoms with van der Waals surface area (Å²) in [5.41, 5.74) is 2.83. The molecule has 0 saturated carbocycles. The molecule has 0 spiro atoms. The average Bonchev–Trinajstić information content (AvgIpc) is 3.32. The summed E-state index contributed by atoms with van der Waals surface area (Å²) in [5.74, 6) is -0.366. The molecule has 7 heteroatoms. The Labute approximate surface area is 191 Å². The third-order valence-electron chi connectivity index (χ3n) is 5.45. The van der Waals surface area contributed by atoms with Crippen molar-refractivity contribution < 1.29 is 9.59 Å². The molecule has 0 atom stereocenters. The Hall–Kier alpha value is -2.67. The van der Waals surface area contributed by atoms with Crippen LogP contribution in [0.3, 0.4) is 0 Å². The van der Waals surface area contributed by atoms with Gasteiger partial charge in [-0.15, -0.1) is 0 Å². The van der Waals surface area contributed by atoms with Crippen LogP contribution in [-0.4, -0.2) is 35.8 Å². The Kier molecular flexibility index (Phi) is 7.02. The molecule has 1 fully saturated rings. The number of thiophene rings is 1. The van der Waals surface area contributed by atoms with Crippen LogP contribution >= 0.6 is 22.9 Å². The van der Waals surface area contributed by atoms with E-state index in [0.717, 1.165) is 37.5 Å². The number of nitrogens with zero attached hydrogens (tertiary/aromatic N) is 1. The number of carbonyl (C=O) groups is 2. The van der Waals surface area contributed by atoms with Gasteiger partial charge in [0.15, 0.2) is 0 Å². The van der Waals surface area contributed by atoms with Gasteiger partial charge in [-0.05, 0) is 54.1 Å². The number of likely N-dealkylation sites (tertiary alicyclic amines) is 1. The third kappa shape index (κ3) is 5.73. The van der Waals surface area contributed by atoms with Crippen LogP contribution in [0.2, 0.25) is 5.02 Å². The number of nitrogens with one attached hydrogen (secondary N) is 2. The zero-order valence-electron chi connectivity index (χ0n) is 17.0. The third-order valence-corrected chi connectivity index (χ3v) is 6.38. The Morgan fingerprint density at radius 1 is 1.00 bits per heavy atom. The van der Waals surface area contributed by atoms with Gasteiger partial charge >= 0.3 is 0 Å². The minimum Gasteiger partial charge on any atom is -0.349 e. The summed E-state index contributed by atoms with van der Waals surface area (Å²) in [6, 6.07) is 16.9. The van der Waals surface area contributed by atoms with E-state index in [1.54, 1.807) is 23.6 Å². The van der Waals surface area contributed by atoms with Gasteiger partial charge < -0.3 is 10.6 Å². The molecule has 0 bridgehead atoms. The number of hydrogen-bond donors (Lipinski definition) is 2. The standard InChI is InChI=1S/C24H24ClN3O2S/c25-19-7-5-17(6-8-19)15-28-12-9-20(10-13-28)26-24(30)21-3-1-2-4-22(21)27-23(29)18-11-14-31-16-18/h1-8,11,14,16,20H,9-10,12-13,15H2,(H,26,30)(H,27,29). The summed E-state index contributed by atoms with van der Waals surface area (Å²) in [5, 5.41) is 10.4. The molecule has 1 saturated heterocycles. The van der Waals surface area contributed by atoms with Crippen LogP contribution in [0.1, 0.15) is 39.1 Å². The Morgan fingerprint density at radius 2 is 1.74 bits per heavy atom. The molecular formula is C24H24ClN3O2S. The maximum absolute atomic E-state index is 12.9. The first-order valence-corrected chi connectivity index (χ1v) is 11.6. The van der Waals surface area contributed by atoms with Gasteiger partial charge in [-0.2, -0.15) is 11.3 Å². The van der Waals surface area contributed by atoms with Gasteiger partial charge in [-0.3, -0.25) is 14.5 Å². The Morgan fingerprint density at radius 3 is 2.45 bits per heavy atom. The van der Waals surface area contributed by atoms with Crippen molar-refractivity contribution in [1.29, 1.82) is 0 Å². The lowest BCUT2D eigenvalue weighted by Gasteiger charge is -2.32. The maximum Gasteiger partial charge on any atom is 0.256 e. The lowest BCUT2D eigenvalue weighted by Crippen LogP contribution is -2.44. The predicted octanol–water partition coefficient (Wildman–Crippen LogP) is 5.05. The predicted molar refractivity (Wildman–Crippen MR) is 126 cm³/mol. The molecule has 4 rings (SSSR count). The highest BCUT2D eigenvalue weighted by atomic mass is 35.5. The smallest absolute Gasteiger partial charge is 0.256 e. The van der Waals surface area contributed by atoms with E-state index in [1.807, 2.05) is 29.6 Å². The van der Waals surface area contributed by atoms with Crippen molar-refractivity contribution in [3.8, 4) is 0 Å². The van der Waals surface area contributed by atoms with Crippen molar-refractivity contribution in [3.05, 3.63) is 87.1 Å². The van der Waals surface area contributed by atoms with Crippen molar-refractivity contribution in [2.24, 2.45) is 0 Å². The molecule has 160 valence electrons. The van der Waals surface area contributed by atoms with E-state index < -0.39 is 0 Å². The zero-order valence-corrected chi connectivity index (χ0v) is 18.6. The van der Waals surface area contributed by atoms with Crippen LogP contribution < -0.4 is 10.6 Å². The molecule has 31 heavy (non-hydrogen) atoms. The summed E-state index contributed by atoms with van der Waals surface area (Å²) < 4.78 is 0. The van der Waals surface area contributed by atoms with E-state index >= 15 is 0 Å². The van der Waals surface area contributed by atoms with Crippen molar-refractivity contribution >= 4 is 40.4 Å². The first-order chi connectivity index (χ1) is 15.1. The molecule has 0 radical (unpaired) electrons. The van der Waals surface area contributed by atoms with Gasteiger partial charge in [0.2, 0.25) is 0 Å². The van der Waals surface area contributed by atoms with Crippen LogP contribution in [0.25, 0.3) is 0 Å². The second-order valence-corrected chi connectivity index (χ2v) is 8.88. The number of rotatable bonds is 6. The van der Waals surface area contributed by atoms with Gasteiger partial charge in [0, 0.05) is 36.1 Å². The molecule has 2 heterocycles. The van der Waals surface area contributed by atoms with Gasteiger partial charge in [-0.25, -0.2) is 0 Å². The van der Waals surface area contributed by atoms with Crippen molar-refractivity contribution in [2.75, 3.05) is 18.4 Å². The van der Waals surface area contributed by atoms with E-state index in [0.29, 0.717) is 16.8 Å². The first kappa shape index (κ1) is 21.6. The van der Waals surface area contributed by atoms with Crippen LogP contribution in [0.5, 0.6) is 0 Å². The van der Waals surface area contributed by atoms with E-state index in [4.69, 9.17) is 11.6 Å². The minimum atomic E-state index is -0.211. The number of amides is 2. The fourth-order valence-corrected chi connectivity index (χ4v) is 4.49. The molecule has 5 nitrogen and oxygen atoms in total. The van der Waals surface area contributed by atoms with Crippen molar-refractivity contribution in [1.82, 2.24) is 10.2 Å². The summed E-state index contributed by atoms with van der Waals surface area (Å²) in [6.45, 7) is 2.73. The van der Waals surface area contributed by atoms with E-state index in [-0.39, 0.29) is 17.9 Å². The molecule has 1 aromatic heterocycles. The number of benzene rings is 2. The summed E-state index contributed by atoms with van der Waals surface area (Å²) >= 11 is 7.42. The van der Waals surface area contributed by atoms with Crippen LogP contribution in [0, 0.1) is 0 Å². The number of carbonyl (C=O) groups excluding carboxylic acids is 2. The molecule has 0 aliphatic carbocycles. The number of halogens is 1. The quantitative estimate of drug-likeness (QED) is 0.549. The fourth-order valence-electron chi connectivity index (χ4n) is 3.72. The minimum absolute atomic E-state index is 0.120. The molecular weight excluding hydrogens is 430 g/mol. The van der Waals surface area contributed by atoms with Crippen LogP contribution in [0.4, 0.5) is 5.69 Å². The summed E-state index contributed by atoms with van der Waals surface area (Å²) in [7, 11) is 0. The zero-order chi connectivity index (χ0) is 21.6. The number of hydrogen-bond acceptors (Lipinski definition) is 4. The fraction of sp³-hybridized carbons (Fsp3) is 0.250. The molecule has 2 N–H and O–H groups in total. The second kappa shape index (κ2) is 10.1. The molecule has 2 amide bonds. The maximum atomic E-state index is 12.9. The molecule has 1 aliphatic heterocycles. The van der Waals surface area contributed by atoms with Gasteiger partial charge in [0.05, 0.1) is 16.8 Å². The molecule has 0 unspecified atom stereocenters. The molecule has 2 aromatic carbocycles. The van der Waals surface area contributed by atoms with E-state index in [1.165, 1.54) is 16.9 Å². The summed E-state index contributed by atoms with van der Waals surface area (Å²) in [4.78, 5) is 27.7. The van der Waals surface area contributed by atoms with Crippen molar-refractivity contribution in [2.45, 2.75) is 25.4 Å². The number of anilines is 1. The average molecular weight is 454 g/mol. The van der Waals surface area contributed by atoms with Crippen LogP contribution in [0.15, 0.2) is 65.4 Å². The van der Waals surface area contributed by atoms with Crippen molar-refractivity contribution in [3.63, 3.8) is 0 Å². The van der Waals surface area contributed by atoms with E-state index in [2.05, 4.69) is 27.7 Å². The summed E-state index contributed by atoms with van der Waals surface area (Å²) in [6.07, 6.45) is 1.78. The molecule has 3 aromatic rings. The number of para-hydroxylation sites is 1. The van der Waals surface area contributed by atoms with Gasteiger partial charge in [-0.1, -0.05) is 35.9 Å². The highest BCUT2D eigenvalue weighted by molar-refractivity contribution is 7.08. The Bertz CT molecular complexity index is 1030. The normalized spacial score (nSPS) is 14.9. The second-order valence-electron chi connectivity index (χ2n) is 7.66. The van der Waals surface area contributed by atoms with E-state index in [9.17, 15) is 9.59 Å². The van der Waals surface area contributed by atoms with Gasteiger partial charge in [0.1, 0.15) is 0 Å². The molecule has 1 aliphatic rings. The largest absolute Gasteiger partial charge is 0.349 e. The monoisotopic (exact) mass is 453 g/mol. The first-order valence-electron chi connectivity index (χ1n) is 10.3. The lowest BCUT2D eigenvalue weighted by atomic mass is 10.0. The van der Waals surface area contributed by atoms with Gasteiger partial charge in [0.25, 0.3) is 11.8 Å².